The van der Waals surface area contributed by atoms with E-state index < -0.39 is 11.7 Å². The molecule has 2 aromatic heterocycles. The van der Waals surface area contributed by atoms with Gasteiger partial charge in [-0.15, -0.1) is 20.4 Å². The van der Waals surface area contributed by atoms with Crippen LogP contribution in [-0.2, 0) is 23.1 Å². The van der Waals surface area contributed by atoms with Gasteiger partial charge in [-0.25, -0.2) is 4.39 Å². The molecule has 12 heteroatoms. The van der Waals surface area contributed by atoms with Crippen LogP contribution in [0.3, 0.4) is 0 Å². The predicted molar refractivity (Wildman–Crippen MR) is 125 cm³/mol. The third kappa shape index (κ3) is 6.14. The molecule has 2 N–H and O–H groups in total. The van der Waals surface area contributed by atoms with Crippen LogP contribution in [0, 0.1) is 5.82 Å². The molecule has 1 aliphatic carbocycles. The minimum Gasteiger partial charge on any atom is -0.323 e. The van der Waals surface area contributed by atoms with Crippen LogP contribution in [0.1, 0.15) is 48.9 Å². The number of benzene rings is 1. The van der Waals surface area contributed by atoms with Gasteiger partial charge in [0.05, 0.1) is 17.9 Å². The van der Waals surface area contributed by atoms with Crippen molar-refractivity contribution in [1.29, 1.82) is 0 Å². The minimum absolute atomic E-state index is 0.0701. The number of nitrogens with zero attached hydrogens (tertiary/aromatic N) is 5. The molecule has 1 aliphatic rings. The normalized spacial score (nSPS) is 14.2. The quantitative estimate of drug-likeness (QED) is 0.463. The van der Waals surface area contributed by atoms with Crippen LogP contribution in [0.15, 0.2) is 29.4 Å². The fourth-order valence-corrected chi connectivity index (χ4v) is 5.27. The summed E-state index contributed by atoms with van der Waals surface area (Å²) in [5.41, 5.74) is 0.110. The summed E-state index contributed by atoms with van der Waals surface area (Å²) in [7, 11) is 1.72. The number of hydrogen-bond donors (Lipinski definition) is 2. The van der Waals surface area contributed by atoms with Gasteiger partial charge >= 0.3 is 0 Å². The lowest BCUT2D eigenvalue weighted by molar-refractivity contribution is -0.116. The topological polar surface area (TPSA) is 115 Å². The summed E-state index contributed by atoms with van der Waals surface area (Å²) in [6.07, 6.45) is 5.89. The summed E-state index contributed by atoms with van der Waals surface area (Å²) in [5, 5.41) is 23.7. The van der Waals surface area contributed by atoms with Gasteiger partial charge in [0.15, 0.2) is 5.16 Å². The van der Waals surface area contributed by atoms with Gasteiger partial charge < -0.3 is 9.88 Å². The fourth-order valence-electron chi connectivity index (χ4n) is 3.61. The second kappa shape index (κ2) is 10.8. The average molecular weight is 490 g/mol. The summed E-state index contributed by atoms with van der Waals surface area (Å²) in [4.78, 5) is 24.6. The number of anilines is 2. The van der Waals surface area contributed by atoms with Crippen molar-refractivity contribution < 1.29 is 14.0 Å². The third-order valence-electron chi connectivity index (χ3n) is 5.37. The standard InChI is InChI=1S/C21H24FN7O2S2/c1-29-16(11-17(30)23-15-10-6-5-9-14(15)22)25-28-21(29)32-12-18(31)24-20-27-26-19(33-20)13-7-3-2-4-8-13/h5-6,9-10,13H,2-4,7-8,11-12H2,1H3,(H,23,30)(H,24,27,31). The van der Waals surface area contributed by atoms with Gasteiger partial charge in [-0.05, 0) is 25.0 Å². The maximum absolute atomic E-state index is 13.7. The number of para-hydroxylation sites is 1. The Morgan fingerprint density at radius 1 is 1.09 bits per heavy atom. The number of hydrogen-bond acceptors (Lipinski definition) is 8. The van der Waals surface area contributed by atoms with Crippen molar-refractivity contribution in [2.24, 2.45) is 7.05 Å². The van der Waals surface area contributed by atoms with E-state index in [0.717, 1.165) is 17.8 Å². The highest BCUT2D eigenvalue weighted by atomic mass is 32.2. The van der Waals surface area contributed by atoms with Crippen LogP contribution in [0.2, 0.25) is 0 Å². The molecule has 1 fully saturated rings. The van der Waals surface area contributed by atoms with Crippen LogP contribution in [-0.4, -0.2) is 42.5 Å². The summed E-state index contributed by atoms with van der Waals surface area (Å²) in [6, 6.07) is 5.95. The molecular formula is C21H24FN7O2S2. The molecule has 4 rings (SSSR count). The largest absolute Gasteiger partial charge is 0.323 e. The highest BCUT2D eigenvalue weighted by molar-refractivity contribution is 7.99. The van der Waals surface area contributed by atoms with E-state index in [4.69, 9.17) is 0 Å². The Kier molecular flexibility index (Phi) is 7.65. The van der Waals surface area contributed by atoms with Crippen molar-refractivity contribution in [3.63, 3.8) is 0 Å². The summed E-state index contributed by atoms with van der Waals surface area (Å²) in [5.74, 6) is -0.154. The zero-order valence-corrected chi connectivity index (χ0v) is 19.7. The zero-order valence-electron chi connectivity index (χ0n) is 18.1. The molecule has 0 radical (unpaired) electrons. The Bertz CT molecular complexity index is 1130. The number of rotatable bonds is 8. The van der Waals surface area contributed by atoms with Gasteiger partial charge in [0, 0.05) is 13.0 Å². The van der Waals surface area contributed by atoms with Crippen molar-refractivity contribution in [2.75, 3.05) is 16.4 Å². The first kappa shape index (κ1) is 23.3. The molecule has 0 saturated heterocycles. The molecule has 0 unspecified atom stereocenters. The molecule has 1 aromatic carbocycles. The monoisotopic (exact) mass is 489 g/mol. The molecule has 33 heavy (non-hydrogen) atoms. The van der Waals surface area contributed by atoms with Gasteiger partial charge in [0.2, 0.25) is 16.9 Å². The minimum atomic E-state index is -0.507. The molecule has 174 valence electrons. The molecule has 0 aliphatic heterocycles. The summed E-state index contributed by atoms with van der Waals surface area (Å²) >= 11 is 2.64. The van der Waals surface area contributed by atoms with Gasteiger partial charge in [-0.2, -0.15) is 0 Å². The second-order valence-electron chi connectivity index (χ2n) is 7.78. The Hall–Kier alpha value is -2.86. The van der Waals surface area contributed by atoms with E-state index in [9.17, 15) is 14.0 Å². The Morgan fingerprint density at radius 3 is 2.67 bits per heavy atom. The van der Waals surface area contributed by atoms with Crippen molar-refractivity contribution in [2.45, 2.75) is 49.6 Å². The van der Waals surface area contributed by atoms with Crippen LogP contribution in [0.4, 0.5) is 15.2 Å². The van der Waals surface area contributed by atoms with E-state index in [1.54, 1.807) is 23.7 Å². The average Bonchev–Trinajstić information content (AvgIpc) is 3.41. The number of halogens is 1. The maximum atomic E-state index is 13.7. The molecule has 1 saturated carbocycles. The predicted octanol–water partition coefficient (Wildman–Crippen LogP) is 3.77. The Morgan fingerprint density at radius 2 is 1.88 bits per heavy atom. The number of thioether (sulfide) groups is 1. The van der Waals surface area contributed by atoms with Crippen LogP contribution >= 0.6 is 23.1 Å². The Balaban J connectivity index is 1.27. The van der Waals surface area contributed by atoms with Gasteiger partial charge in [-0.1, -0.05) is 54.5 Å². The number of carbonyl (C=O) groups is 2. The van der Waals surface area contributed by atoms with E-state index in [-0.39, 0.29) is 23.8 Å². The Labute approximate surface area is 198 Å². The van der Waals surface area contributed by atoms with Crippen molar-refractivity contribution >= 4 is 45.7 Å². The van der Waals surface area contributed by atoms with E-state index >= 15 is 0 Å². The smallest absolute Gasteiger partial charge is 0.236 e. The lowest BCUT2D eigenvalue weighted by Gasteiger charge is -2.18. The molecule has 3 aromatic rings. The first-order valence-corrected chi connectivity index (χ1v) is 12.5. The van der Waals surface area contributed by atoms with Crippen molar-refractivity contribution in [1.82, 2.24) is 25.0 Å². The van der Waals surface area contributed by atoms with E-state index in [2.05, 4.69) is 31.0 Å². The molecule has 9 nitrogen and oxygen atoms in total. The van der Waals surface area contributed by atoms with Crippen LogP contribution < -0.4 is 10.6 Å². The lowest BCUT2D eigenvalue weighted by atomic mass is 9.90. The van der Waals surface area contributed by atoms with E-state index in [1.807, 2.05) is 0 Å². The SMILES string of the molecule is Cn1c(CC(=O)Nc2ccccc2F)nnc1SCC(=O)Nc1nnc(C2CCCCC2)s1. The lowest BCUT2D eigenvalue weighted by Crippen LogP contribution is -2.18. The molecule has 0 atom stereocenters. The molecular weight excluding hydrogens is 465 g/mol. The summed E-state index contributed by atoms with van der Waals surface area (Å²) < 4.78 is 15.3. The number of aromatic nitrogens is 5. The highest BCUT2D eigenvalue weighted by Gasteiger charge is 2.21. The van der Waals surface area contributed by atoms with E-state index in [0.29, 0.717) is 22.0 Å². The number of carbonyl (C=O) groups excluding carboxylic acids is 2. The van der Waals surface area contributed by atoms with Crippen molar-refractivity contribution in [3.05, 3.63) is 40.9 Å². The first-order chi connectivity index (χ1) is 16.0. The number of nitrogens with one attached hydrogen (secondary N) is 2. The summed E-state index contributed by atoms with van der Waals surface area (Å²) in [6.45, 7) is 0. The van der Waals surface area contributed by atoms with Gasteiger partial charge in [0.1, 0.15) is 16.6 Å². The molecule has 0 bridgehead atoms. The van der Waals surface area contributed by atoms with Crippen molar-refractivity contribution in [3.8, 4) is 0 Å². The van der Waals surface area contributed by atoms with Crippen LogP contribution in [0.25, 0.3) is 0 Å². The first-order valence-electron chi connectivity index (χ1n) is 10.7. The fraction of sp³-hybridized carbons (Fsp3) is 0.429. The van der Waals surface area contributed by atoms with Gasteiger partial charge in [0.25, 0.3) is 0 Å². The van der Waals surface area contributed by atoms with Crippen LogP contribution in [0.5, 0.6) is 0 Å². The molecule has 2 amide bonds. The highest BCUT2D eigenvalue weighted by Crippen LogP contribution is 2.35. The third-order valence-corrected chi connectivity index (χ3v) is 7.39. The molecule has 2 heterocycles. The zero-order chi connectivity index (χ0) is 23.2. The second-order valence-corrected chi connectivity index (χ2v) is 9.73. The maximum Gasteiger partial charge on any atom is 0.236 e. The number of amides is 2. The molecule has 0 spiro atoms. The van der Waals surface area contributed by atoms with Gasteiger partial charge in [-0.3, -0.25) is 14.9 Å². The van der Waals surface area contributed by atoms with E-state index in [1.165, 1.54) is 54.5 Å².